The van der Waals surface area contributed by atoms with E-state index in [9.17, 15) is 13.2 Å². The van der Waals surface area contributed by atoms with Gasteiger partial charge in [0.15, 0.2) is 0 Å². The quantitative estimate of drug-likeness (QED) is 0.913. The molecular weight excluding hydrogens is 259 g/mol. The fourth-order valence-corrected chi connectivity index (χ4v) is 1.98. The van der Waals surface area contributed by atoms with Gasteiger partial charge in [0.25, 0.3) is 0 Å². The van der Waals surface area contributed by atoms with Gasteiger partial charge in [-0.1, -0.05) is 0 Å². The third-order valence-electron chi connectivity index (χ3n) is 2.95. The first-order valence-corrected chi connectivity index (χ1v) is 6.03. The number of ether oxygens (including phenoxy) is 1. The minimum atomic E-state index is -4.40. The van der Waals surface area contributed by atoms with E-state index in [-0.39, 0.29) is 11.9 Å². The number of anilines is 1. The molecule has 1 atom stereocenters. The van der Waals surface area contributed by atoms with Crippen molar-refractivity contribution in [2.45, 2.75) is 12.3 Å². The average Bonchev–Trinajstić information content (AvgIpc) is 2.36. The molecule has 1 aliphatic heterocycles. The summed E-state index contributed by atoms with van der Waals surface area (Å²) in [6.45, 7) is 2.44. The zero-order chi connectivity index (χ0) is 13.9. The molecule has 0 bridgehead atoms. The second-order valence-corrected chi connectivity index (χ2v) is 4.53. The van der Waals surface area contributed by atoms with E-state index in [1.54, 1.807) is 0 Å². The van der Waals surface area contributed by atoms with Crippen molar-refractivity contribution < 1.29 is 17.9 Å². The lowest BCUT2D eigenvalue weighted by molar-refractivity contribution is -0.137. The van der Waals surface area contributed by atoms with Gasteiger partial charge in [-0.15, -0.1) is 0 Å². The number of nitrogens with zero attached hydrogens (tertiary/aromatic N) is 2. The monoisotopic (exact) mass is 275 g/mol. The van der Waals surface area contributed by atoms with E-state index in [0.29, 0.717) is 19.7 Å². The highest BCUT2D eigenvalue weighted by atomic mass is 19.4. The first kappa shape index (κ1) is 14.1. The molecule has 0 spiro atoms. The Morgan fingerprint density at radius 3 is 3.00 bits per heavy atom. The minimum Gasteiger partial charge on any atom is -0.374 e. The van der Waals surface area contributed by atoms with Gasteiger partial charge in [-0.05, 0) is 19.2 Å². The Morgan fingerprint density at radius 1 is 1.53 bits per heavy atom. The average molecular weight is 275 g/mol. The van der Waals surface area contributed by atoms with E-state index >= 15 is 0 Å². The lowest BCUT2D eigenvalue weighted by atomic mass is 10.2. The summed E-state index contributed by atoms with van der Waals surface area (Å²) in [5.41, 5.74) is -0.751. The maximum atomic E-state index is 12.8. The maximum absolute atomic E-state index is 12.8. The fourth-order valence-electron chi connectivity index (χ4n) is 1.98. The predicted octanol–water partition coefficient (Wildman–Crippen LogP) is 1.84. The zero-order valence-corrected chi connectivity index (χ0v) is 10.6. The molecule has 106 valence electrons. The first-order valence-electron chi connectivity index (χ1n) is 6.03. The van der Waals surface area contributed by atoms with Crippen molar-refractivity contribution in [3.8, 4) is 0 Å². The second kappa shape index (κ2) is 5.75. The largest absolute Gasteiger partial charge is 0.419 e. The number of pyridine rings is 1. The lowest BCUT2D eigenvalue weighted by Crippen LogP contribution is -2.43. The first-order chi connectivity index (χ1) is 8.97. The molecule has 0 aliphatic carbocycles. The van der Waals surface area contributed by atoms with Crippen LogP contribution in [-0.2, 0) is 10.9 Å². The van der Waals surface area contributed by atoms with Gasteiger partial charge in [-0.25, -0.2) is 4.98 Å². The summed E-state index contributed by atoms with van der Waals surface area (Å²) in [5, 5.41) is 2.73. The summed E-state index contributed by atoms with van der Waals surface area (Å²) >= 11 is 0. The standard InChI is InChI=1S/C12H16F3N3O/c1-18-5-6-19-9(8-18)7-17-11-10(12(13,14)15)3-2-4-16-11/h2-4,9H,5-8H2,1H3,(H,16,17). The molecule has 2 heterocycles. The number of hydrogen-bond acceptors (Lipinski definition) is 4. The molecule has 0 saturated carbocycles. The maximum Gasteiger partial charge on any atom is 0.419 e. The number of hydrogen-bond donors (Lipinski definition) is 1. The van der Waals surface area contributed by atoms with E-state index < -0.39 is 11.7 Å². The summed E-state index contributed by atoms with van der Waals surface area (Å²) in [4.78, 5) is 5.83. The predicted molar refractivity (Wildman–Crippen MR) is 65.0 cm³/mol. The molecule has 7 heteroatoms. The SMILES string of the molecule is CN1CCOC(CNc2ncccc2C(F)(F)F)C1. The van der Waals surface area contributed by atoms with Gasteiger partial charge in [0.2, 0.25) is 0 Å². The second-order valence-electron chi connectivity index (χ2n) is 4.53. The van der Waals surface area contributed by atoms with E-state index in [1.807, 2.05) is 7.05 Å². The fraction of sp³-hybridized carbons (Fsp3) is 0.583. The number of morpholine rings is 1. The van der Waals surface area contributed by atoms with Gasteiger partial charge < -0.3 is 15.0 Å². The van der Waals surface area contributed by atoms with Crippen LogP contribution in [0.4, 0.5) is 19.0 Å². The molecule has 4 nitrogen and oxygen atoms in total. The molecule has 1 fully saturated rings. The van der Waals surface area contributed by atoms with Crippen molar-refractivity contribution in [3.05, 3.63) is 23.9 Å². The molecular formula is C12H16F3N3O. The molecule has 2 rings (SSSR count). The molecule has 0 radical (unpaired) electrons. The van der Waals surface area contributed by atoms with Crippen LogP contribution in [0.2, 0.25) is 0 Å². The molecule has 1 saturated heterocycles. The van der Waals surface area contributed by atoms with Crippen molar-refractivity contribution >= 4 is 5.82 Å². The van der Waals surface area contributed by atoms with Crippen LogP contribution < -0.4 is 5.32 Å². The summed E-state index contributed by atoms with van der Waals surface area (Å²) < 4.78 is 43.8. The summed E-state index contributed by atoms with van der Waals surface area (Å²) in [6.07, 6.45) is -3.19. The summed E-state index contributed by atoms with van der Waals surface area (Å²) in [6, 6.07) is 2.29. The van der Waals surface area contributed by atoms with Crippen molar-refractivity contribution in [1.82, 2.24) is 9.88 Å². The molecule has 1 N–H and O–H groups in total. The smallest absolute Gasteiger partial charge is 0.374 e. The highest BCUT2D eigenvalue weighted by molar-refractivity contribution is 5.45. The Hall–Kier alpha value is -1.34. The van der Waals surface area contributed by atoms with E-state index in [1.165, 1.54) is 12.3 Å². The van der Waals surface area contributed by atoms with Crippen LogP contribution in [0.3, 0.4) is 0 Å². The number of likely N-dealkylation sites (N-methyl/N-ethyl adjacent to an activating group) is 1. The Labute approximate surface area is 109 Å². The van der Waals surface area contributed by atoms with Crippen LogP contribution >= 0.6 is 0 Å². The lowest BCUT2D eigenvalue weighted by Gasteiger charge is -2.30. The number of alkyl halides is 3. The third kappa shape index (κ3) is 3.81. The van der Waals surface area contributed by atoms with Crippen molar-refractivity contribution in [3.63, 3.8) is 0 Å². The number of nitrogens with one attached hydrogen (secondary N) is 1. The normalized spacial score (nSPS) is 21.4. The van der Waals surface area contributed by atoms with Crippen molar-refractivity contribution in [2.24, 2.45) is 0 Å². The molecule has 0 aromatic carbocycles. The van der Waals surface area contributed by atoms with E-state index in [0.717, 1.165) is 12.6 Å². The highest BCUT2D eigenvalue weighted by Gasteiger charge is 2.34. The van der Waals surface area contributed by atoms with Crippen LogP contribution in [-0.4, -0.2) is 49.3 Å². The summed E-state index contributed by atoms with van der Waals surface area (Å²) in [5.74, 6) is -0.146. The Bertz CT molecular complexity index is 425. The third-order valence-corrected chi connectivity index (χ3v) is 2.95. The number of aromatic nitrogens is 1. The van der Waals surface area contributed by atoms with Crippen LogP contribution in [0, 0.1) is 0 Å². The van der Waals surface area contributed by atoms with Crippen LogP contribution in [0.5, 0.6) is 0 Å². The minimum absolute atomic E-state index is 0.123. The van der Waals surface area contributed by atoms with Crippen molar-refractivity contribution in [1.29, 1.82) is 0 Å². The van der Waals surface area contributed by atoms with Crippen molar-refractivity contribution in [2.75, 3.05) is 38.6 Å². The summed E-state index contributed by atoms with van der Waals surface area (Å²) in [7, 11) is 1.96. The van der Waals surface area contributed by atoms with Gasteiger partial charge in [-0.3, -0.25) is 0 Å². The zero-order valence-electron chi connectivity index (χ0n) is 10.6. The molecule has 1 unspecified atom stereocenters. The van der Waals surface area contributed by atoms with Gasteiger partial charge in [0, 0.05) is 25.8 Å². The van der Waals surface area contributed by atoms with Gasteiger partial charge in [0.1, 0.15) is 5.82 Å². The van der Waals surface area contributed by atoms with Crippen LogP contribution in [0.1, 0.15) is 5.56 Å². The van der Waals surface area contributed by atoms with E-state index in [2.05, 4.69) is 15.2 Å². The van der Waals surface area contributed by atoms with Crippen LogP contribution in [0.25, 0.3) is 0 Å². The van der Waals surface area contributed by atoms with Gasteiger partial charge in [-0.2, -0.15) is 13.2 Å². The Morgan fingerprint density at radius 2 is 2.32 bits per heavy atom. The topological polar surface area (TPSA) is 37.4 Å². The molecule has 0 amide bonds. The molecule has 1 aromatic heterocycles. The molecule has 1 aliphatic rings. The van der Waals surface area contributed by atoms with Crippen LogP contribution in [0.15, 0.2) is 18.3 Å². The Balaban J connectivity index is 1.99. The molecule has 19 heavy (non-hydrogen) atoms. The van der Waals surface area contributed by atoms with Gasteiger partial charge in [0.05, 0.1) is 18.3 Å². The Kier molecular flexibility index (Phi) is 4.26. The number of rotatable bonds is 3. The number of halogens is 3. The molecule has 1 aromatic rings. The van der Waals surface area contributed by atoms with Gasteiger partial charge >= 0.3 is 6.18 Å². The highest BCUT2D eigenvalue weighted by Crippen LogP contribution is 2.33. The van der Waals surface area contributed by atoms with E-state index in [4.69, 9.17) is 4.74 Å².